The number of carbonyl (C=O) groups is 2. The van der Waals surface area contributed by atoms with Gasteiger partial charge >= 0.3 is 6.09 Å². The first-order valence-electron chi connectivity index (χ1n) is 13.1. The van der Waals surface area contributed by atoms with Crippen molar-refractivity contribution in [3.63, 3.8) is 0 Å². The van der Waals surface area contributed by atoms with Gasteiger partial charge in [-0.2, -0.15) is 4.98 Å². The third kappa shape index (κ3) is 8.13. The zero-order chi connectivity index (χ0) is 28.0. The minimum atomic E-state index is -0.524. The van der Waals surface area contributed by atoms with Gasteiger partial charge in [0.1, 0.15) is 17.2 Å². The lowest BCUT2D eigenvalue weighted by Crippen LogP contribution is -2.42. The van der Waals surface area contributed by atoms with Gasteiger partial charge in [0, 0.05) is 42.8 Å². The van der Waals surface area contributed by atoms with Gasteiger partial charge in [-0.3, -0.25) is 4.79 Å². The van der Waals surface area contributed by atoms with Crippen molar-refractivity contribution < 1.29 is 18.7 Å². The summed E-state index contributed by atoms with van der Waals surface area (Å²) in [5.41, 5.74) is 2.09. The monoisotopic (exact) mass is 534 g/mol. The van der Waals surface area contributed by atoms with Gasteiger partial charge in [-0.15, -0.1) is 0 Å². The van der Waals surface area contributed by atoms with E-state index in [-0.39, 0.29) is 11.7 Å². The van der Waals surface area contributed by atoms with Crippen molar-refractivity contribution in [2.75, 3.05) is 30.3 Å². The molecule has 10 heteroatoms. The molecule has 0 radical (unpaired) electrons. The van der Waals surface area contributed by atoms with E-state index >= 15 is 0 Å². The molecule has 0 saturated carbocycles. The number of anilines is 4. The topological polar surface area (TPSA) is 108 Å². The molecule has 0 spiro atoms. The van der Waals surface area contributed by atoms with Crippen molar-refractivity contribution >= 4 is 35.1 Å². The quantitative estimate of drug-likeness (QED) is 0.352. The molecule has 1 fully saturated rings. The second kappa shape index (κ2) is 12.1. The molecule has 4 rings (SSSR count). The first kappa shape index (κ1) is 27.8. The zero-order valence-corrected chi connectivity index (χ0v) is 22.8. The number of nitrogens with one attached hydrogen (secondary N) is 3. The summed E-state index contributed by atoms with van der Waals surface area (Å²) in [6.07, 6.45) is 2.85. The van der Waals surface area contributed by atoms with Crippen LogP contribution in [0.3, 0.4) is 0 Å². The number of hydrogen-bond donors (Lipinski definition) is 3. The molecule has 0 bridgehead atoms. The number of likely N-dealkylation sites (tertiary alicyclic amines) is 1. The Morgan fingerprint density at radius 1 is 1.03 bits per heavy atom. The summed E-state index contributed by atoms with van der Waals surface area (Å²) >= 11 is 0. The maximum atomic E-state index is 13.5. The smallest absolute Gasteiger partial charge is 0.407 e. The van der Waals surface area contributed by atoms with Gasteiger partial charge in [0.05, 0.1) is 0 Å². The van der Waals surface area contributed by atoms with E-state index in [1.54, 1.807) is 43.5 Å². The standard InChI is InChI=1S/C29H35FN6O3/c1-19-17-23(9-10-24(19)30)33-25-11-14-31-27(35-25)34-22-7-5-21(6-8-22)26(37)36-15-12-20(13-16-36)18-32-28(38)39-29(2,3)4/h5-11,14,17,20H,12-13,15-16,18H2,1-4H3,(H,32,38)(H2,31,33,34,35). The third-order valence-corrected chi connectivity index (χ3v) is 6.31. The summed E-state index contributed by atoms with van der Waals surface area (Å²) in [6, 6.07) is 13.7. The highest BCUT2D eigenvalue weighted by Crippen LogP contribution is 2.22. The van der Waals surface area contributed by atoms with Gasteiger partial charge in [-0.05, 0) is 101 Å². The number of rotatable bonds is 7. The van der Waals surface area contributed by atoms with Crippen molar-refractivity contribution in [2.45, 2.75) is 46.1 Å². The Bertz CT molecular complexity index is 1300. The maximum Gasteiger partial charge on any atom is 0.407 e. The Balaban J connectivity index is 1.27. The van der Waals surface area contributed by atoms with Gasteiger partial charge in [0.15, 0.2) is 0 Å². The summed E-state index contributed by atoms with van der Waals surface area (Å²) in [4.78, 5) is 35.5. The van der Waals surface area contributed by atoms with E-state index in [1.165, 1.54) is 6.07 Å². The number of nitrogens with zero attached hydrogens (tertiary/aromatic N) is 3. The summed E-state index contributed by atoms with van der Waals surface area (Å²) < 4.78 is 18.8. The molecule has 0 atom stereocenters. The second-order valence-corrected chi connectivity index (χ2v) is 10.7. The first-order chi connectivity index (χ1) is 18.6. The molecule has 2 heterocycles. The zero-order valence-electron chi connectivity index (χ0n) is 22.8. The van der Waals surface area contributed by atoms with Crippen LogP contribution in [0.2, 0.25) is 0 Å². The van der Waals surface area contributed by atoms with E-state index in [2.05, 4.69) is 25.9 Å². The van der Waals surface area contributed by atoms with E-state index in [0.717, 1.165) is 24.2 Å². The number of ether oxygens (including phenoxy) is 1. The molecule has 1 saturated heterocycles. The Morgan fingerprint density at radius 2 is 1.72 bits per heavy atom. The molecular formula is C29H35FN6O3. The van der Waals surface area contributed by atoms with Crippen LogP contribution in [0.25, 0.3) is 0 Å². The number of amides is 2. The fourth-order valence-electron chi connectivity index (χ4n) is 4.25. The fourth-order valence-corrected chi connectivity index (χ4v) is 4.25. The van der Waals surface area contributed by atoms with Gasteiger partial charge < -0.3 is 25.6 Å². The highest BCUT2D eigenvalue weighted by molar-refractivity contribution is 5.94. The first-order valence-corrected chi connectivity index (χ1v) is 13.1. The SMILES string of the molecule is Cc1cc(Nc2ccnc(Nc3ccc(C(=O)N4CCC(CNC(=O)OC(C)(C)C)CC4)cc3)n2)ccc1F. The van der Waals surface area contributed by atoms with Crippen molar-refractivity contribution in [1.82, 2.24) is 20.2 Å². The van der Waals surface area contributed by atoms with E-state index in [9.17, 15) is 14.0 Å². The molecule has 9 nitrogen and oxygen atoms in total. The lowest BCUT2D eigenvalue weighted by molar-refractivity contribution is 0.0500. The number of aryl methyl sites for hydroxylation is 1. The molecule has 3 N–H and O–H groups in total. The maximum absolute atomic E-state index is 13.5. The van der Waals surface area contributed by atoms with E-state index < -0.39 is 11.7 Å². The van der Waals surface area contributed by atoms with Crippen LogP contribution in [-0.2, 0) is 4.74 Å². The highest BCUT2D eigenvalue weighted by atomic mass is 19.1. The van der Waals surface area contributed by atoms with E-state index in [4.69, 9.17) is 4.74 Å². The largest absolute Gasteiger partial charge is 0.444 e. The summed E-state index contributed by atoms with van der Waals surface area (Å²) in [7, 11) is 0. The Morgan fingerprint density at radius 3 is 2.38 bits per heavy atom. The van der Waals surface area contributed by atoms with Gasteiger partial charge in [0.25, 0.3) is 5.91 Å². The Hall–Kier alpha value is -4.21. The molecular weight excluding hydrogens is 499 g/mol. The Kier molecular flexibility index (Phi) is 8.63. The van der Waals surface area contributed by atoms with Crippen molar-refractivity contribution in [3.8, 4) is 0 Å². The average molecular weight is 535 g/mol. The molecule has 2 amide bonds. The number of hydrogen-bond acceptors (Lipinski definition) is 7. The predicted molar refractivity (Wildman–Crippen MR) is 149 cm³/mol. The second-order valence-electron chi connectivity index (χ2n) is 10.7. The van der Waals surface area contributed by atoms with Crippen LogP contribution in [0.15, 0.2) is 54.7 Å². The molecule has 3 aromatic rings. The Labute approximate surface area is 228 Å². The fraction of sp³-hybridized carbons (Fsp3) is 0.379. The number of aromatic nitrogens is 2. The van der Waals surface area contributed by atoms with E-state index in [0.29, 0.717) is 48.4 Å². The lowest BCUT2D eigenvalue weighted by Gasteiger charge is -2.32. The van der Waals surface area contributed by atoms with Gasteiger partial charge in [0.2, 0.25) is 5.95 Å². The molecule has 0 aliphatic carbocycles. The van der Waals surface area contributed by atoms with Crippen LogP contribution in [0.5, 0.6) is 0 Å². The third-order valence-electron chi connectivity index (χ3n) is 6.31. The van der Waals surface area contributed by atoms with Gasteiger partial charge in [-0.1, -0.05) is 0 Å². The predicted octanol–water partition coefficient (Wildman–Crippen LogP) is 5.79. The number of halogens is 1. The molecule has 206 valence electrons. The highest BCUT2D eigenvalue weighted by Gasteiger charge is 2.25. The minimum Gasteiger partial charge on any atom is -0.444 e. The van der Waals surface area contributed by atoms with Crippen molar-refractivity contribution in [2.24, 2.45) is 5.92 Å². The van der Waals surface area contributed by atoms with Crippen LogP contribution >= 0.6 is 0 Å². The number of piperidine rings is 1. The minimum absolute atomic E-state index is 0.0165. The lowest BCUT2D eigenvalue weighted by atomic mass is 9.96. The molecule has 39 heavy (non-hydrogen) atoms. The molecule has 2 aromatic carbocycles. The number of alkyl carbamates (subject to hydrolysis) is 1. The van der Waals surface area contributed by atoms with E-state index in [1.807, 2.05) is 37.8 Å². The van der Waals surface area contributed by atoms with Crippen molar-refractivity contribution in [3.05, 3.63) is 71.7 Å². The number of carbonyl (C=O) groups excluding carboxylic acids is 2. The van der Waals surface area contributed by atoms with Crippen LogP contribution in [0.4, 0.5) is 32.3 Å². The van der Waals surface area contributed by atoms with Crippen LogP contribution < -0.4 is 16.0 Å². The van der Waals surface area contributed by atoms with Crippen LogP contribution in [0, 0.1) is 18.7 Å². The van der Waals surface area contributed by atoms with Crippen LogP contribution in [0.1, 0.15) is 49.5 Å². The summed E-state index contributed by atoms with van der Waals surface area (Å²) in [5.74, 6) is 0.988. The summed E-state index contributed by atoms with van der Waals surface area (Å²) in [5, 5.41) is 9.13. The van der Waals surface area contributed by atoms with Gasteiger partial charge in [-0.25, -0.2) is 14.2 Å². The molecule has 1 aliphatic rings. The van der Waals surface area contributed by atoms with Crippen molar-refractivity contribution in [1.29, 1.82) is 0 Å². The summed E-state index contributed by atoms with van der Waals surface area (Å²) in [6.45, 7) is 9.03. The molecule has 0 unspecified atom stereocenters. The molecule has 1 aliphatic heterocycles. The van der Waals surface area contributed by atoms with Crippen LogP contribution in [-0.4, -0.2) is 52.1 Å². The number of benzene rings is 2. The normalized spacial score (nSPS) is 14.0. The average Bonchev–Trinajstić information content (AvgIpc) is 2.89. The molecule has 1 aromatic heterocycles.